The molecule has 4 rings (SSSR count). The molecule has 0 amide bonds. The fourth-order valence-corrected chi connectivity index (χ4v) is 3.23. The minimum absolute atomic E-state index is 0.0417. The van der Waals surface area contributed by atoms with Crippen LogP contribution in [0.4, 0.5) is 4.39 Å². The van der Waals surface area contributed by atoms with Crippen LogP contribution in [0.3, 0.4) is 0 Å². The first-order valence-electron chi connectivity index (χ1n) is 6.10. The molecule has 1 aliphatic rings. The first-order valence-corrected chi connectivity index (χ1v) is 6.98. The molecule has 0 spiro atoms. The van der Waals surface area contributed by atoms with Crippen LogP contribution in [0.15, 0.2) is 40.2 Å². The van der Waals surface area contributed by atoms with Crippen LogP contribution in [-0.2, 0) is 0 Å². The van der Waals surface area contributed by atoms with Gasteiger partial charge < -0.3 is 4.52 Å². The van der Waals surface area contributed by atoms with Crippen molar-refractivity contribution >= 4 is 22.9 Å². The zero-order chi connectivity index (χ0) is 14.6. The van der Waals surface area contributed by atoms with Crippen molar-refractivity contribution in [3.05, 3.63) is 63.3 Å². The number of hydrogen-bond acceptors (Lipinski definition) is 5. The monoisotopic (exact) mass is 299 g/mol. The predicted molar refractivity (Wildman–Crippen MR) is 73.1 cm³/mol. The molecule has 0 N–H and O–H groups in total. The standard InChI is InChI=1S/C15H6FNO3S/c16-9-4-2-1-3-7(9)11-10-13(19)15-8(5-6-21-15)12(18)14(10)20-17-11/h1-6H. The number of ketones is 2. The van der Waals surface area contributed by atoms with E-state index in [1.54, 1.807) is 17.5 Å². The quantitative estimate of drug-likeness (QED) is 0.541. The number of halogens is 1. The lowest BCUT2D eigenvalue weighted by atomic mass is 9.91. The number of rotatable bonds is 1. The van der Waals surface area contributed by atoms with Gasteiger partial charge in [0.25, 0.3) is 0 Å². The summed E-state index contributed by atoms with van der Waals surface area (Å²) in [6.07, 6.45) is 0. The predicted octanol–water partition coefficient (Wildman–Crippen LogP) is 3.32. The van der Waals surface area contributed by atoms with Gasteiger partial charge in [-0.15, -0.1) is 11.3 Å². The van der Waals surface area contributed by atoms with Crippen molar-refractivity contribution in [2.75, 3.05) is 0 Å². The van der Waals surface area contributed by atoms with E-state index in [4.69, 9.17) is 4.52 Å². The lowest BCUT2D eigenvalue weighted by Gasteiger charge is -2.08. The smallest absolute Gasteiger partial charge is 0.233 e. The Balaban J connectivity index is 2.00. The highest BCUT2D eigenvalue weighted by molar-refractivity contribution is 7.12. The second-order valence-electron chi connectivity index (χ2n) is 4.54. The van der Waals surface area contributed by atoms with Crippen molar-refractivity contribution in [1.29, 1.82) is 0 Å². The number of hydrogen-bond donors (Lipinski definition) is 0. The first-order chi connectivity index (χ1) is 10.2. The zero-order valence-electron chi connectivity index (χ0n) is 10.4. The summed E-state index contributed by atoms with van der Waals surface area (Å²) in [5.74, 6) is -1.39. The van der Waals surface area contributed by atoms with Crippen molar-refractivity contribution in [2.24, 2.45) is 0 Å². The second-order valence-corrected chi connectivity index (χ2v) is 5.45. The maximum absolute atomic E-state index is 13.9. The van der Waals surface area contributed by atoms with Crippen LogP contribution in [0.1, 0.15) is 31.4 Å². The van der Waals surface area contributed by atoms with Crippen LogP contribution in [0.5, 0.6) is 0 Å². The number of nitrogens with zero attached hydrogens (tertiary/aromatic N) is 1. The van der Waals surface area contributed by atoms with Crippen LogP contribution in [0.25, 0.3) is 11.3 Å². The lowest BCUT2D eigenvalue weighted by Crippen LogP contribution is -2.17. The molecule has 4 nitrogen and oxygen atoms in total. The van der Waals surface area contributed by atoms with E-state index >= 15 is 0 Å². The third-order valence-electron chi connectivity index (χ3n) is 3.37. The molecule has 0 fully saturated rings. The minimum atomic E-state index is -0.522. The highest BCUT2D eigenvalue weighted by atomic mass is 32.1. The summed E-state index contributed by atoms with van der Waals surface area (Å²) in [6.45, 7) is 0. The van der Waals surface area contributed by atoms with Gasteiger partial charge in [0.05, 0.1) is 4.88 Å². The second kappa shape index (κ2) is 4.20. The largest absolute Gasteiger partial charge is 0.351 e. The Morgan fingerprint density at radius 3 is 2.67 bits per heavy atom. The molecule has 0 radical (unpaired) electrons. The van der Waals surface area contributed by atoms with Crippen molar-refractivity contribution < 1.29 is 18.5 Å². The number of fused-ring (bicyclic) bond motifs is 2. The normalized spacial score (nSPS) is 13.2. The Labute approximate surface area is 121 Å². The molecule has 102 valence electrons. The summed E-state index contributed by atoms with van der Waals surface area (Å²) in [5, 5.41) is 5.41. The Bertz CT molecular complexity index is 909. The van der Waals surface area contributed by atoms with Gasteiger partial charge in [0.2, 0.25) is 17.3 Å². The maximum Gasteiger partial charge on any atom is 0.233 e. The van der Waals surface area contributed by atoms with Crippen molar-refractivity contribution in [3.63, 3.8) is 0 Å². The molecule has 0 bridgehead atoms. The minimum Gasteiger partial charge on any atom is -0.351 e. The summed E-state index contributed by atoms with van der Waals surface area (Å²) in [6, 6.07) is 7.51. The lowest BCUT2D eigenvalue weighted by molar-refractivity contribution is 0.0958. The summed E-state index contributed by atoms with van der Waals surface area (Å²) >= 11 is 1.18. The van der Waals surface area contributed by atoms with E-state index in [0.717, 1.165) is 0 Å². The highest BCUT2D eigenvalue weighted by Crippen LogP contribution is 2.36. The van der Waals surface area contributed by atoms with E-state index < -0.39 is 11.6 Å². The summed E-state index contributed by atoms with van der Waals surface area (Å²) in [4.78, 5) is 25.1. The van der Waals surface area contributed by atoms with Gasteiger partial charge in [-0.1, -0.05) is 17.3 Å². The average Bonchev–Trinajstić information content (AvgIpc) is 3.12. The fraction of sp³-hybridized carbons (Fsp3) is 0. The molecule has 0 atom stereocenters. The van der Waals surface area contributed by atoms with Crippen molar-refractivity contribution in [2.45, 2.75) is 0 Å². The third-order valence-corrected chi connectivity index (χ3v) is 4.28. The Morgan fingerprint density at radius 2 is 1.86 bits per heavy atom. The highest BCUT2D eigenvalue weighted by Gasteiger charge is 2.38. The molecule has 0 saturated carbocycles. The van der Waals surface area contributed by atoms with Crippen molar-refractivity contribution in [1.82, 2.24) is 5.16 Å². The SMILES string of the molecule is O=C1c2ccsc2C(=O)c2c(-c3ccccc3F)noc21. The van der Waals surface area contributed by atoms with Gasteiger partial charge >= 0.3 is 0 Å². The zero-order valence-corrected chi connectivity index (χ0v) is 11.2. The van der Waals surface area contributed by atoms with E-state index in [1.165, 1.54) is 29.5 Å². The molecule has 6 heteroatoms. The number of carbonyl (C=O) groups excluding carboxylic acids is 2. The summed E-state index contributed by atoms with van der Waals surface area (Å²) < 4.78 is 18.9. The van der Waals surface area contributed by atoms with E-state index in [1.807, 2.05) is 0 Å². The molecule has 2 aromatic heterocycles. The Hall–Kier alpha value is -2.60. The molecule has 2 heterocycles. The number of carbonyl (C=O) groups is 2. The van der Waals surface area contributed by atoms with Gasteiger partial charge in [0, 0.05) is 11.1 Å². The molecule has 0 saturated heterocycles. The van der Waals surface area contributed by atoms with Crippen LogP contribution < -0.4 is 0 Å². The molecular weight excluding hydrogens is 293 g/mol. The fourth-order valence-electron chi connectivity index (χ4n) is 2.39. The number of aromatic nitrogens is 1. The van der Waals surface area contributed by atoms with Gasteiger partial charge in [-0.25, -0.2) is 4.39 Å². The molecule has 0 aliphatic heterocycles. The molecule has 1 aromatic carbocycles. The summed E-state index contributed by atoms with van der Waals surface area (Å²) in [5.41, 5.74) is 0.568. The van der Waals surface area contributed by atoms with Crippen LogP contribution in [0, 0.1) is 5.82 Å². The average molecular weight is 299 g/mol. The summed E-state index contributed by atoms with van der Waals surface area (Å²) in [7, 11) is 0. The topological polar surface area (TPSA) is 60.2 Å². The number of benzene rings is 1. The molecule has 3 aromatic rings. The van der Waals surface area contributed by atoms with Gasteiger partial charge in [-0.3, -0.25) is 9.59 Å². The van der Waals surface area contributed by atoms with Crippen LogP contribution in [0.2, 0.25) is 0 Å². The van der Waals surface area contributed by atoms with Crippen molar-refractivity contribution in [3.8, 4) is 11.3 Å². The van der Waals surface area contributed by atoms with Gasteiger partial charge in [-0.05, 0) is 23.6 Å². The molecule has 0 unspecified atom stereocenters. The van der Waals surface area contributed by atoms with Gasteiger partial charge in [0.15, 0.2) is 0 Å². The first kappa shape index (κ1) is 12.2. The molecule has 1 aliphatic carbocycles. The van der Waals surface area contributed by atoms with Gasteiger partial charge in [-0.2, -0.15) is 0 Å². The number of thiophene rings is 1. The third kappa shape index (κ3) is 1.56. The van der Waals surface area contributed by atoms with E-state index in [9.17, 15) is 14.0 Å². The van der Waals surface area contributed by atoms with E-state index in [0.29, 0.717) is 10.4 Å². The van der Waals surface area contributed by atoms with Crippen LogP contribution >= 0.6 is 11.3 Å². The molecular formula is C15H6FNO3S. The Morgan fingerprint density at radius 1 is 1.05 bits per heavy atom. The van der Waals surface area contributed by atoms with E-state index in [2.05, 4.69) is 5.16 Å². The van der Waals surface area contributed by atoms with Crippen LogP contribution in [-0.4, -0.2) is 16.7 Å². The maximum atomic E-state index is 13.9. The van der Waals surface area contributed by atoms with Gasteiger partial charge in [0.1, 0.15) is 17.1 Å². The molecule has 21 heavy (non-hydrogen) atoms. The van der Waals surface area contributed by atoms with E-state index in [-0.39, 0.29) is 28.4 Å². The Kier molecular flexibility index (Phi) is 2.43.